The fourth-order valence-electron chi connectivity index (χ4n) is 10.7. The van der Waals surface area contributed by atoms with Crippen LogP contribution in [0, 0.1) is 0 Å². The SMILES string of the molecule is CC1(C)c2ccccc2-c2ccc(N(c3ccc(-c4c(-c5ccccc5)sc5c4C(C)(C)c4sc(-c6ccccc6)c(-c6ccccc6)c4-5)cc3)c3ccccc3-c3ccccc3)cc21. The fraction of sp³-hybridized carbons (Fsp3) is 0.0968. The Morgan fingerprint density at radius 2 is 0.831 bits per heavy atom. The maximum atomic E-state index is 2.47. The summed E-state index contributed by atoms with van der Waals surface area (Å²) in [6, 6.07) is 78.2. The van der Waals surface area contributed by atoms with Crippen molar-refractivity contribution in [2.45, 2.75) is 38.5 Å². The van der Waals surface area contributed by atoms with E-state index in [1.54, 1.807) is 0 Å². The summed E-state index contributed by atoms with van der Waals surface area (Å²) < 4.78 is 0. The van der Waals surface area contributed by atoms with E-state index in [0.29, 0.717) is 0 Å². The predicted molar refractivity (Wildman–Crippen MR) is 279 cm³/mol. The van der Waals surface area contributed by atoms with E-state index >= 15 is 0 Å². The molecule has 0 unspecified atom stereocenters. The van der Waals surface area contributed by atoms with Crippen LogP contribution in [0.1, 0.15) is 49.3 Å². The van der Waals surface area contributed by atoms with Crippen molar-refractivity contribution >= 4 is 39.7 Å². The van der Waals surface area contributed by atoms with E-state index in [0.717, 1.165) is 17.1 Å². The molecule has 12 rings (SSSR count). The molecular weight excluding hydrogens is 823 g/mol. The van der Waals surface area contributed by atoms with Crippen molar-refractivity contribution in [3.63, 3.8) is 0 Å². The predicted octanol–water partition coefficient (Wildman–Crippen LogP) is 18.2. The molecule has 0 saturated carbocycles. The number of hydrogen-bond donors (Lipinski definition) is 0. The summed E-state index contributed by atoms with van der Waals surface area (Å²) in [5, 5.41) is 0. The van der Waals surface area contributed by atoms with Crippen LogP contribution in [-0.4, -0.2) is 0 Å². The van der Waals surface area contributed by atoms with Gasteiger partial charge in [-0.1, -0.05) is 210 Å². The lowest BCUT2D eigenvalue weighted by Crippen LogP contribution is -2.17. The van der Waals surface area contributed by atoms with Crippen LogP contribution in [0.15, 0.2) is 212 Å². The Kier molecular flexibility index (Phi) is 9.31. The van der Waals surface area contributed by atoms with Crippen LogP contribution in [0.5, 0.6) is 0 Å². The molecule has 0 amide bonds. The molecule has 2 heterocycles. The zero-order valence-electron chi connectivity index (χ0n) is 37.0. The highest BCUT2D eigenvalue weighted by Crippen LogP contribution is 2.65. The molecule has 0 spiro atoms. The monoisotopic (exact) mass is 869 g/mol. The molecule has 0 aliphatic heterocycles. The Hall–Kier alpha value is -7.04. The van der Waals surface area contributed by atoms with Gasteiger partial charge in [0.05, 0.1) is 5.69 Å². The molecule has 0 bridgehead atoms. The summed E-state index contributed by atoms with van der Waals surface area (Å²) in [5.41, 5.74) is 21.4. The zero-order chi connectivity index (χ0) is 43.9. The van der Waals surface area contributed by atoms with Gasteiger partial charge in [-0.05, 0) is 86.0 Å². The van der Waals surface area contributed by atoms with Crippen molar-refractivity contribution < 1.29 is 0 Å². The number of anilines is 3. The maximum Gasteiger partial charge on any atom is 0.0540 e. The molecule has 0 radical (unpaired) electrons. The summed E-state index contributed by atoms with van der Waals surface area (Å²) >= 11 is 3.94. The van der Waals surface area contributed by atoms with E-state index in [1.165, 1.54) is 97.4 Å². The van der Waals surface area contributed by atoms with Gasteiger partial charge in [-0.2, -0.15) is 0 Å². The van der Waals surface area contributed by atoms with Crippen LogP contribution in [-0.2, 0) is 10.8 Å². The highest BCUT2D eigenvalue weighted by atomic mass is 32.1. The maximum absolute atomic E-state index is 2.47. The first-order valence-corrected chi connectivity index (χ1v) is 24.2. The fourth-order valence-corrected chi connectivity index (χ4v) is 13.8. The normalized spacial score (nSPS) is 13.8. The third kappa shape index (κ3) is 6.25. The summed E-state index contributed by atoms with van der Waals surface area (Å²) in [5.74, 6) is 0. The van der Waals surface area contributed by atoms with E-state index < -0.39 is 0 Å². The van der Waals surface area contributed by atoms with Crippen LogP contribution in [0.4, 0.5) is 17.1 Å². The second-order valence-corrected chi connectivity index (χ2v) is 20.5. The number of nitrogens with zero attached hydrogens (tertiary/aromatic N) is 1. The van der Waals surface area contributed by atoms with Crippen LogP contribution < -0.4 is 4.90 Å². The third-order valence-corrected chi connectivity index (χ3v) is 16.7. The van der Waals surface area contributed by atoms with Gasteiger partial charge in [0.1, 0.15) is 0 Å². The Labute approximate surface area is 390 Å². The van der Waals surface area contributed by atoms with E-state index in [-0.39, 0.29) is 10.8 Å². The van der Waals surface area contributed by atoms with Crippen molar-refractivity contribution in [2.24, 2.45) is 0 Å². The van der Waals surface area contributed by atoms with Gasteiger partial charge in [-0.3, -0.25) is 0 Å². The first kappa shape index (κ1) is 39.5. The lowest BCUT2D eigenvalue weighted by Gasteiger charge is -2.30. The molecule has 2 aromatic heterocycles. The minimum atomic E-state index is -0.223. The van der Waals surface area contributed by atoms with Crippen LogP contribution in [0.25, 0.3) is 75.8 Å². The highest BCUT2D eigenvalue weighted by molar-refractivity contribution is 7.22. The molecule has 0 saturated heterocycles. The summed E-state index contributed by atoms with van der Waals surface area (Å²) in [4.78, 5) is 7.97. The molecule has 3 heteroatoms. The zero-order valence-corrected chi connectivity index (χ0v) is 38.6. The van der Waals surface area contributed by atoms with Crippen LogP contribution in [0.3, 0.4) is 0 Å². The molecule has 2 aliphatic carbocycles. The number of benzene rings is 8. The molecule has 312 valence electrons. The molecule has 0 atom stereocenters. The Balaban J connectivity index is 1.05. The second-order valence-electron chi connectivity index (χ2n) is 18.4. The van der Waals surface area contributed by atoms with Gasteiger partial charge in [0.2, 0.25) is 0 Å². The summed E-state index contributed by atoms with van der Waals surface area (Å²) in [6.45, 7) is 9.64. The van der Waals surface area contributed by atoms with Crippen molar-refractivity contribution in [3.05, 3.63) is 234 Å². The molecular formula is C62H47NS2. The van der Waals surface area contributed by atoms with Gasteiger partial charge in [0.25, 0.3) is 0 Å². The summed E-state index contributed by atoms with van der Waals surface area (Å²) in [7, 11) is 0. The minimum absolute atomic E-state index is 0.125. The Morgan fingerprint density at radius 3 is 1.48 bits per heavy atom. The average molecular weight is 870 g/mol. The Morgan fingerprint density at radius 1 is 0.338 bits per heavy atom. The van der Waals surface area contributed by atoms with Gasteiger partial charge in [0, 0.05) is 64.0 Å². The van der Waals surface area contributed by atoms with Crippen LogP contribution >= 0.6 is 22.7 Å². The van der Waals surface area contributed by atoms with Gasteiger partial charge in [0.15, 0.2) is 0 Å². The first-order valence-electron chi connectivity index (χ1n) is 22.6. The average Bonchev–Trinajstić information content (AvgIpc) is 4.07. The van der Waals surface area contributed by atoms with Gasteiger partial charge >= 0.3 is 0 Å². The lowest BCUT2D eigenvalue weighted by molar-refractivity contribution is 0.660. The van der Waals surface area contributed by atoms with Crippen molar-refractivity contribution in [2.75, 3.05) is 4.90 Å². The van der Waals surface area contributed by atoms with Crippen LogP contribution in [0.2, 0.25) is 0 Å². The van der Waals surface area contributed by atoms with Gasteiger partial charge in [-0.25, -0.2) is 0 Å². The molecule has 65 heavy (non-hydrogen) atoms. The van der Waals surface area contributed by atoms with E-state index in [4.69, 9.17) is 0 Å². The quantitative estimate of drug-likeness (QED) is 0.147. The van der Waals surface area contributed by atoms with E-state index in [2.05, 4.69) is 245 Å². The number of fused-ring (bicyclic) bond motifs is 6. The number of thiophene rings is 2. The molecule has 1 nitrogen and oxygen atoms in total. The van der Waals surface area contributed by atoms with E-state index in [9.17, 15) is 0 Å². The second kappa shape index (κ2) is 15.3. The minimum Gasteiger partial charge on any atom is -0.310 e. The van der Waals surface area contributed by atoms with Gasteiger partial charge < -0.3 is 4.90 Å². The van der Waals surface area contributed by atoms with Crippen molar-refractivity contribution in [1.82, 2.24) is 0 Å². The number of rotatable bonds is 8. The number of para-hydroxylation sites is 1. The molecule has 8 aromatic carbocycles. The molecule has 10 aromatic rings. The highest BCUT2D eigenvalue weighted by Gasteiger charge is 2.45. The largest absolute Gasteiger partial charge is 0.310 e. The van der Waals surface area contributed by atoms with Gasteiger partial charge in [-0.15, -0.1) is 22.7 Å². The first-order chi connectivity index (χ1) is 31.8. The smallest absolute Gasteiger partial charge is 0.0540 e. The molecule has 2 aliphatic rings. The molecule has 0 N–H and O–H groups in total. The standard InChI is InChI=1S/C62H47NS2/c1-61(2)50-31-19-17-30-48(50)49-38-37-46(39-51(49)61)63(52-32-20-18-29-47(52)40-21-9-5-10-22-40)45-35-33-42(34-36-45)54-56-59(64-58(54)44-27-15-8-16-28-44)55-53(41-23-11-6-12-24-41)57(43-25-13-7-14-26-43)65-60(55)62(56,3)4/h5-39H,1-4H3. The number of hydrogen-bond acceptors (Lipinski definition) is 3. The Bertz CT molecular complexity index is 3390. The lowest BCUT2D eigenvalue weighted by atomic mass is 9.82. The van der Waals surface area contributed by atoms with Crippen molar-refractivity contribution in [3.8, 4) is 75.8 Å². The van der Waals surface area contributed by atoms with E-state index in [1.807, 2.05) is 22.7 Å². The van der Waals surface area contributed by atoms with Crippen molar-refractivity contribution in [1.29, 1.82) is 0 Å². The molecule has 0 fully saturated rings. The topological polar surface area (TPSA) is 3.24 Å². The third-order valence-electron chi connectivity index (χ3n) is 13.8. The summed E-state index contributed by atoms with van der Waals surface area (Å²) in [6.07, 6.45) is 0.